The normalized spacial score (nSPS) is 10.2. The molecule has 0 aromatic heterocycles. The van der Waals surface area contributed by atoms with Crippen molar-refractivity contribution in [1.82, 2.24) is 0 Å². The summed E-state index contributed by atoms with van der Waals surface area (Å²) in [5, 5.41) is 0. The topological polar surface area (TPSA) is 35.5 Å². The van der Waals surface area contributed by atoms with Crippen LogP contribution < -0.4 is 9.47 Å². The first-order valence-electron chi connectivity index (χ1n) is 7.03. The average Bonchev–Trinajstić information content (AvgIpc) is 2.53. The van der Waals surface area contributed by atoms with Gasteiger partial charge in [0.1, 0.15) is 18.1 Å². The first-order chi connectivity index (χ1) is 10.2. The Bertz CT molecular complexity index is 618. The minimum Gasteiger partial charge on any atom is -0.496 e. The number of benzene rings is 2. The van der Waals surface area contributed by atoms with E-state index in [0.717, 1.165) is 35.1 Å². The number of methoxy groups -OCH3 is 1. The average molecular weight is 284 g/mol. The highest BCUT2D eigenvalue weighted by Gasteiger charge is 2.15. The smallest absolute Gasteiger partial charge is 0.153 e. The fourth-order valence-electron chi connectivity index (χ4n) is 2.49. The summed E-state index contributed by atoms with van der Waals surface area (Å²) in [6.07, 6.45) is 1.63. The number of rotatable bonds is 6. The van der Waals surface area contributed by atoms with E-state index in [4.69, 9.17) is 9.47 Å². The summed E-state index contributed by atoms with van der Waals surface area (Å²) >= 11 is 0. The second-order valence-electron chi connectivity index (χ2n) is 4.85. The summed E-state index contributed by atoms with van der Waals surface area (Å²) in [5.41, 5.74) is 3.66. The van der Waals surface area contributed by atoms with Gasteiger partial charge in [-0.1, -0.05) is 37.3 Å². The fraction of sp³-hybridized carbons (Fsp3) is 0.278. The molecule has 0 bridgehead atoms. The van der Waals surface area contributed by atoms with Crippen LogP contribution in [0.15, 0.2) is 36.4 Å². The van der Waals surface area contributed by atoms with Crippen LogP contribution in [0.2, 0.25) is 0 Å². The van der Waals surface area contributed by atoms with Gasteiger partial charge < -0.3 is 9.47 Å². The van der Waals surface area contributed by atoms with Crippen LogP contribution in [0.4, 0.5) is 0 Å². The van der Waals surface area contributed by atoms with Crippen LogP contribution in [-0.4, -0.2) is 13.4 Å². The molecule has 0 aliphatic rings. The van der Waals surface area contributed by atoms with Crippen LogP contribution in [-0.2, 0) is 13.0 Å². The van der Waals surface area contributed by atoms with Crippen molar-refractivity contribution in [2.75, 3.05) is 7.11 Å². The lowest BCUT2D eigenvalue weighted by Gasteiger charge is -2.17. The predicted molar refractivity (Wildman–Crippen MR) is 83.3 cm³/mol. The second-order valence-corrected chi connectivity index (χ2v) is 4.85. The molecule has 2 aromatic rings. The lowest BCUT2D eigenvalue weighted by Crippen LogP contribution is -2.04. The molecule has 0 saturated carbocycles. The summed E-state index contributed by atoms with van der Waals surface area (Å²) in [5.74, 6) is 1.38. The van der Waals surface area contributed by atoms with Gasteiger partial charge in [-0.15, -0.1) is 0 Å². The molecule has 3 nitrogen and oxygen atoms in total. The Labute approximate surface area is 125 Å². The van der Waals surface area contributed by atoms with Crippen LogP contribution in [0.3, 0.4) is 0 Å². The Morgan fingerprint density at radius 3 is 2.48 bits per heavy atom. The molecule has 0 amide bonds. The van der Waals surface area contributed by atoms with Crippen LogP contribution in [0, 0.1) is 6.92 Å². The van der Waals surface area contributed by atoms with Crippen LogP contribution in [0.1, 0.15) is 34.0 Å². The van der Waals surface area contributed by atoms with Gasteiger partial charge in [-0.3, -0.25) is 4.79 Å². The van der Waals surface area contributed by atoms with E-state index in [1.165, 1.54) is 0 Å². The van der Waals surface area contributed by atoms with Crippen molar-refractivity contribution in [2.24, 2.45) is 0 Å². The minimum atomic E-state index is 0.484. The Morgan fingerprint density at radius 1 is 1.19 bits per heavy atom. The summed E-state index contributed by atoms with van der Waals surface area (Å²) in [6, 6.07) is 11.7. The Balaban J connectivity index is 2.34. The quantitative estimate of drug-likeness (QED) is 0.753. The van der Waals surface area contributed by atoms with E-state index in [-0.39, 0.29) is 0 Å². The molecule has 0 heterocycles. The molecule has 0 aliphatic heterocycles. The molecule has 2 aromatic carbocycles. The number of carbonyl (C=O) groups excluding carboxylic acids is 1. The number of aldehydes is 1. The maximum atomic E-state index is 11.2. The fourth-order valence-corrected chi connectivity index (χ4v) is 2.49. The van der Waals surface area contributed by atoms with Gasteiger partial charge in [0.05, 0.1) is 12.7 Å². The van der Waals surface area contributed by atoms with E-state index < -0.39 is 0 Å². The zero-order chi connectivity index (χ0) is 15.2. The first-order valence-corrected chi connectivity index (χ1v) is 7.03. The second kappa shape index (κ2) is 6.93. The summed E-state index contributed by atoms with van der Waals surface area (Å²) in [7, 11) is 1.58. The van der Waals surface area contributed by atoms with E-state index in [1.807, 2.05) is 37.3 Å². The molecule has 110 valence electrons. The minimum absolute atomic E-state index is 0.484. The molecular formula is C18H20O3. The van der Waals surface area contributed by atoms with Gasteiger partial charge in [0, 0.05) is 5.56 Å². The Morgan fingerprint density at radius 2 is 1.90 bits per heavy atom. The predicted octanol–water partition coefficient (Wildman–Crippen LogP) is 3.96. The Kier molecular flexibility index (Phi) is 4.99. The van der Waals surface area contributed by atoms with Crippen molar-refractivity contribution < 1.29 is 14.3 Å². The van der Waals surface area contributed by atoms with Gasteiger partial charge in [-0.05, 0) is 30.5 Å². The van der Waals surface area contributed by atoms with E-state index in [9.17, 15) is 4.79 Å². The van der Waals surface area contributed by atoms with Crippen LogP contribution in [0.25, 0.3) is 0 Å². The standard InChI is InChI=1S/C18H20O3/c1-4-16-13(2)18(20-3)15(11-19)10-17(16)21-12-14-8-6-5-7-9-14/h5-11H,4,12H2,1-3H3. The van der Waals surface area contributed by atoms with Crippen molar-refractivity contribution in [1.29, 1.82) is 0 Å². The third-order valence-corrected chi connectivity index (χ3v) is 3.56. The SMILES string of the molecule is CCc1c(OCc2ccccc2)cc(C=O)c(OC)c1C. The zero-order valence-corrected chi connectivity index (χ0v) is 12.7. The van der Waals surface area contributed by atoms with Crippen molar-refractivity contribution in [2.45, 2.75) is 26.9 Å². The van der Waals surface area contributed by atoms with Gasteiger partial charge in [0.15, 0.2) is 6.29 Å². The molecule has 2 rings (SSSR count). The number of hydrogen-bond donors (Lipinski definition) is 0. The molecule has 0 spiro atoms. The monoisotopic (exact) mass is 284 g/mol. The van der Waals surface area contributed by atoms with E-state index in [2.05, 4.69) is 6.92 Å². The number of hydrogen-bond acceptors (Lipinski definition) is 3. The number of ether oxygens (including phenoxy) is 2. The van der Waals surface area contributed by atoms with Crippen molar-refractivity contribution in [3.8, 4) is 11.5 Å². The van der Waals surface area contributed by atoms with Crippen molar-refractivity contribution in [3.63, 3.8) is 0 Å². The zero-order valence-electron chi connectivity index (χ0n) is 12.7. The lowest BCUT2D eigenvalue weighted by atomic mass is 10.0. The van der Waals surface area contributed by atoms with Gasteiger partial charge in [0.25, 0.3) is 0 Å². The largest absolute Gasteiger partial charge is 0.496 e. The first kappa shape index (κ1) is 15.1. The molecule has 0 unspecified atom stereocenters. The molecule has 0 radical (unpaired) electrons. The van der Waals surface area contributed by atoms with Crippen molar-refractivity contribution >= 4 is 6.29 Å². The van der Waals surface area contributed by atoms with Crippen LogP contribution >= 0.6 is 0 Å². The van der Waals surface area contributed by atoms with Gasteiger partial charge in [-0.25, -0.2) is 0 Å². The maximum absolute atomic E-state index is 11.2. The van der Waals surface area contributed by atoms with E-state index in [0.29, 0.717) is 17.9 Å². The van der Waals surface area contributed by atoms with Crippen LogP contribution in [0.5, 0.6) is 11.5 Å². The summed E-state index contributed by atoms with van der Waals surface area (Å²) < 4.78 is 11.3. The van der Waals surface area contributed by atoms with Gasteiger partial charge >= 0.3 is 0 Å². The molecule has 0 aliphatic carbocycles. The maximum Gasteiger partial charge on any atom is 0.153 e. The Hall–Kier alpha value is -2.29. The molecule has 3 heteroatoms. The third-order valence-electron chi connectivity index (χ3n) is 3.56. The molecular weight excluding hydrogens is 264 g/mol. The summed E-state index contributed by atoms with van der Waals surface area (Å²) in [6.45, 7) is 4.51. The molecule has 0 atom stereocenters. The van der Waals surface area contributed by atoms with Gasteiger partial charge in [-0.2, -0.15) is 0 Å². The van der Waals surface area contributed by atoms with E-state index >= 15 is 0 Å². The van der Waals surface area contributed by atoms with Gasteiger partial charge in [0.2, 0.25) is 0 Å². The highest BCUT2D eigenvalue weighted by molar-refractivity contribution is 5.82. The molecule has 0 fully saturated rings. The van der Waals surface area contributed by atoms with Crippen molar-refractivity contribution in [3.05, 3.63) is 58.7 Å². The highest BCUT2D eigenvalue weighted by Crippen LogP contribution is 2.34. The number of carbonyl (C=O) groups is 1. The highest BCUT2D eigenvalue weighted by atomic mass is 16.5. The van der Waals surface area contributed by atoms with E-state index in [1.54, 1.807) is 13.2 Å². The summed E-state index contributed by atoms with van der Waals surface area (Å²) in [4.78, 5) is 11.2. The third kappa shape index (κ3) is 3.24. The molecule has 0 saturated heterocycles. The molecule has 0 N–H and O–H groups in total. The molecule has 21 heavy (non-hydrogen) atoms. The lowest BCUT2D eigenvalue weighted by molar-refractivity contribution is 0.112.